The highest BCUT2D eigenvalue weighted by molar-refractivity contribution is 7.89. The maximum Gasteiger partial charge on any atom is 0.246 e. The fourth-order valence-corrected chi connectivity index (χ4v) is 4.19. The van der Waals surface area contributed by atoms with Gasteiger partial charge >= 0.3 is 0 Å². The van der Waals surface area contributed by atoms with Crippen LogP contribution in [0.3, 0.4) is 0 Å². The minimum Gasteiger partial charge on any atom is -0.326 e. The molecule has 7 heteroatoms. The summed E-state index contributed by atoms with van der Waals surface area (Å²) in [4.78, 5) is -0.349. The molecule has 1 fully saturated rings. The van der Waals surface area contributed by atoms with E-state index >= 15 is 0 Å². The molecule has 1 aromatic carbocycles. The normalized spacial score (nSPS) is 25.5. The molecule has 0 aromatic heterocycles. The van der Waals surface area contributed by atoms with E-state index < -0.39 is 15.8 Å². The van der Waals surface area contributed by atoms with Gasteiger partial charge in [0.15, 0.2) is 0 Å². The van der Waals surface area contributed by atoms with Gasteiger partial charge in [-0.05, 0) is 30.5 Å². The fourth-order valence-electron chi connectivity index (χ4n) is 2.37. The zero-order valence-electron chi connectivity index (χ0n) is 10.5. The number of sulfonamides is 1. The van der Waals surface area contributed by atoms with Gasteiger partial charge in [-0.15, -0.1) is 0 Å². The molecular formula is C12H16ClFN2O2S. The van der Waals surface area contributed by atoms with Crippen LogP contribution in [0, 0.1) is 11.7 Å². The third-order valence-corrected chi connectivity index (χ3v) is 5.27. The molecule has 0 spiro atoms. The van der Waals surface area contributed by atoms with E-state index in [2.05, 4.69) is 0 Å². The lowest BCUT2D eigenvalue weighted by molar-refractivity contribution is 0.254. The Bertz CT molecular complexity index is 569. The third-order valence-electron chi connectivity index (χ3n) is 3.17. The summed E-state index contributed by atoms with van der Waals surface area (Å²) in [7, 11) is -3.86. The lowest BCUT2D eigenvalue weighted by Crippen LogP contribution is -2.48. The van der Waals surface area contributed by atoms with Gasteiger partial charge in [-0.3, -0.25) is 0 Å². The van der Waals surface area contributed by atoms with Crippen molar-refractivity contribution in [1.29, 1.82) is 0 Å². The van der Waals surface area contributed by atoms with Crippen LogP contribution in [0.25, 0.3) is 0 Å². The Labute approximate surface area is 117 Å². The Kier molecular flexibility index (Phi) is 4.15. The van der Waals surface area contributed by atoms with Crippen LogP contribution in [0.4, 0.5) is 4.39 Å². The molecule has 0 amide bonds. The lowest BCUT2D eigenvalue weighted by Gasteiger charge is -2.33. The second-order valence-corrected chi connectivity index (χ2v) is 7.34. The molecule has 1 aromatic rings. The van der Waals surface area contributed by atoms with Gasteiger partial charge in [0.2, 0.25) is 10.0 Å². The van der Waals surface area contributed by atoms with Crippen LogP contribution in [0.2, 0.25) is 5.02 Å². The van der Waals surface area contributed by atoms with Crippen LogP contribution >= 0.6 is 11.6 Å². The first-order valence-corrected chi connectivity index (χ1v) is 7.83. The summed E-state index contributed by atoms with van der Waals surface area (Å²) in [5.74, 6) is -0.673. The molecule has 106 valence electrons. The van der Waals surface area contributed by atoms with Gasteiger partial charge in [0.05, 0.1) is 0 Å². The van der Waals surface area contributed by atoms with E-state index in [1.54, 1.807) is 0 Å². The molecule has 1 heterocycles. The molecule has 0 aliphatic carbocycles. The number of hydrogen-bond donors (Lipinski definition) is 1. The third kappa shape index (κ3) is 3.08. The van der Waals surface area contributed by atoms with E-state index in [0.29, 0.717) is 6.54 Å². The number of piperidine rings is 1. The summed E-state index contributed by atoms with van der Waals surface area (Å²) in [6, 6.07) is 3.35. The Morgan fingerprint density at radius 2 is 2.11 bits per heavy atom. The average Bonchev–Trinajstić information content (AvgIpc) is 2.26. The highest BCUT2D eigenvalue weighted by atomic mass is 35.5. The molecule has 2 atom stereocenters. The fraction of sp³-hybridized carbons (Fsp3) is 0.500. The number of hydrogen-bond acceptors (Lipinski definition) is 3. The van der Waals surface area contributed by atoms with Gasteiger partial charge in [0.1, 0.15) is 10.7 Å². The number of halogens is 2. The van der Waals surface area contributed by atoms with Gasteiger partial charge in [0, 0.05) is 24.2 Å². The number of nitrogens with two attached hydrogens (primary N) is 1. The maximum atomic E-state index is 13.8. The molecule has 2 unspecified atom stereocenters. The van der Waals surface area contributed by atoms with E-state index in [0.717, 1.165) is 12.5 Å². The molecule has 2 rings (SSSR count). The van der Waals surface area contributed by atoms with E-state index in [1.807, 2.05) is 6.92 Å². The van der Waals surface area contributed by atoms with Crippen LogP contribution in [0.5, 0.6) is 0 Å². The van der Waals surface area contributed by atoms with Crippen molar-refractivity contribution in [2.24, 2.45) is 11.7 Å². The maximum absolute atomic E-state index is 13.8. The summed E-state index contributed by atoms with van der Waals surface area (Å²) in [6.07, 6.45) is 0.773. The standard InChI is InChI=1S/C12H16ClFN2O2S/c1-8-4-10(15)7-16(6-8)19(17,18)12-3-2-9(13)5-11(12)14/h2-3,5,8,10H,4,6-7,15H2,1H3. The van der Waals surface area contributed by atoms with Crippen molar-refractivity contribution in [2.75, 3.05) is 13.1 Å². The smallest absolute Gasteiger partial charge is 0.246 e. The van der Waals surface area contributed by atoms with Crippen molar-refractivity contribution < 1.29 is 12.8 Å². The Hall–Kier alpha value is -0.690. The van der Waals surface area contributed by atoms with E-state index in [4.69, 9.17) is 17.3 Å². The van der Waals surface area contributed by atoms with E-state index in [9.17, 15) is 12.8 Å². The highest BCUT2D eigenvalue weighted by Gasteiger charge is 2.33. The summed E-state index contributed by atoms with van der Waals surface area (Å²) < 4.78 is 39.8. The summed E-state index contributed by atoms with van der Waals surface area (Å²) >= 11 is 5.63. The molecule has 4 nitrogen and oxygen atoms in total. The SMILES string of the molecule is CC1CC(N)CN(S(=O)(=O)c2ccc(Cl)cc2F)C1. The molecule has 1 aliphatic rings. The summed E-state index contributed by atoms with van der Waals surface area (Å²) in [5.41, 5.74) is 5.83. The van der Waals surface area contributed by atoms with Crippen molar-refractivity contribution >= 4 is 21.6 Å². The Balaban J connectivity index is 2.36. The summed E-state index contributed by atoms with van der Waals surface area (Å²) in [5, 5.41) is 0.167. The molecule has 0 saturated carbocycles. The first-order valence-electron chi connectivity index (χ1n) is 6.01. The number of benzene rings is 1. The molecule has 0 radical (unpaired) electrons. The minimum atomic E-state index is -3.86. The zero-order valence-corrected chi connectivity index (χ0v) is 12.1. The number of nitrogens with zero attached hydrogens (tertiary/aromatic N) is 1. The Morgan fingerprint density at radius 1 is 1.42 bits per heavy atom. The molecule has 1 aliphatic heterocycles. The van der Waals surface area contributed by atoms with Gasteiger partial charge in [-0.2, -0.15) is 4.31 Å². The minimum absolute atomic E-state index is 0.161. The van der Waals surface area contributed by atoms with Crippen LogP contribution in [0.15, 0.2) is 23.1 Å². The van der Waals surface area contributed by atoms with E-state index in [1.165, 1.54) is 16.4 Å². The van der Waals surface area contributed by atoms with Crippen molar-refractivity contribution in [1.82, 2.24) is 4.31 Å². The monoisotopic (exact) mass is 306 g/mol. The predicted octanol–water partition coefficient (Wildman–Crippen LogP) is 1.84. The second kappa shape index (κ2) is 5.36. The van der Waals surface area contributed by atoms with E-state index in [-0.39, 0.29) is 28.4 Å². The van der Waals surface area contributed by atoms with Gasteiger partial charge in [0.25, 0.3) is 0 Å². The largest absolute Gasteiger partial charge is 0.326 e. The van der Waals surface area contributed by atoms with Gasteiger partial charge < -0.3 is 5.73 Å². The molecule has 1 saturated heterocycles. The highest BCUT2D eigenvalue weighted by Crippen LogP contribution is 2.26. The topological polar surface area (TPSA) is 63.4 Å². The first-order chi connectivity index (χ1) is 8.80. The van der Waals surface area contributed by atoms with Gasteiger partial charge in [-0.1, -0.05) is 18.5 Å². The molecule has 0 bridgehead atoms. The van der Waals surface area contributed by atoms with Crippen LogP contribution < -0.4 is 5.73 Å². The average molecular weight is 307 g/mol. The van der Waals surface area contributed by atoms with Crippen LogP contribution in [-0.4, -0.2) is 31.9 Å². The van der Waals surface area contributed by atoms with Crippen molar-refractivity contribution in [2.45, 2.75) is 24.3 Å². The first kappa shape index (κ1) is 14.7. The number of rotatable bonds is 2. The van der Waals surface area contributed by atoms with Crippen molar-refractivity contribution in [3.63, 3.8) is 0 Å². The van der Waals surface area contributed by atoms with Crippen LogP contribution in [-0.2, 0) is 10.0 Å². The quantitative estimate of drug-likeness (QED) is 0.907. The second-order valence-electron chi connectivity index (χ2n) is 5.00. The predicted molar refractivity (Wildman–Crippen MR) is 71.9 cm³/mol. The van der Waals surface area contributed by atoms with Crippen molar-refractivity contribution in [3.05, 3.63) is 29.0 Å². The van der Waals surface area contributed by atoms with Crippen LogP contribution in [0.1, 0.15) is 13.3 Å². The zero-order chi connectivity index (χ0) is 14.2. The van der Waals surface area contributed by atoms with Gasteiger partial charge in [-0.25, -0.2) is 12.8 Å². The van der Waals surface area contributed by atoms with Crippen molar-refractivity contribution in [3.8, 4) is 0 Å². The lowest BCUT2D eigenvalue weighted by atomic mass is 9.99. The Morgan fingerprint density at radius 3 is 2.68 bits per heavy atom. The molecule has 19 heavy (non-hydrogen) atoms. The summed E-state index contributed by atoms with van der Waals surface area (Å²) in [6.45, 7) is 2.51. The molecule has 2 N–H and O–H groups in total. The molecular weight excluding hydrogens is 291 g/mol.